The van der Waals surface area contributed by atoms with Gasteiger partial charge >= 0.3 is 6.03 Å². The van der Waals surface area contributed by atoms with Crippen LogP contribution in [0.2, 0.25) is 0 Å². The van der Waals surface area contributed by atoms with Crippen LogP contribution >= 0.6 is 13.5 Å². The quantitative estimate of drug-likeness (QED) is 0.521. The SMILES string of the molecule is CC(C)(O)c1ccc([S-](=O)=NC(=O)Nc2c3c(c(F)c4c2CCC4)CCC3)c(F)c1.N.S. The van der Waals surface area contributed by atoms with Crippen molar-refractivity contribution in [1.82, 2.24) is 6.15 Å². The van der Waals surface area contributed by atoms with Crippen molar-refractivity contribution in [3.8, 4) is 0 Å². The summed E-state index contributed by atoms with van der Waals surface area (Å²) in [5.41, 5.74) is 2.55. The molecule has 0 heterocycles. The van der Waals surface area contributed by atoms with Crippen LogP contribution in [0.1, 0.15) is 54.5 Å². The first-order valence-corrected chi connectivity index (χ1v) is 11.1. The average Bonchev–Trinajstić information content (AvgIpc) is 3.34. The summed E-state index contributed by atoms with van der Waals surface area (Å²) in [7, 11) is -2.25. The highest BCUT2D eigenvalue weighted by atomic mass is 32.2. The molecule has 176 valence electrons. The minimum Gasteiger partial charge on any atom is -0.439 e. The number of aliphatic hydroxyl groups is 1. The van der Waals surface area contributed by atoms with E-state index in [0.717, 1.165) is 30.0 Å². The lowest BCUT2D eigenvalue weighted by atomic mass is 9.98. The van der Waals surface area contributed by atoms with Gasteiger partial charge in [0.15, 0.2) is 0 Å². The Morgan fingerprint density at radius 2 is 1.59 bits per heavy atom. The number of rotatable bonds is 3. The van der Waals surface area contributed by atoms with Gasteiger partial charge in [0, 0.05) is 5.69 Å². The van der Waals surface area contributed by atoms with Gasteiger partial charge < -0.3 is 25.1 Å². The molecule has 2 amide bonds. The Morgan fingerprint density at radius 3 is 2.09 bits per heavy atom. The predicted octanol–water partition coefficient (Wildman–Crippen LogP) is 5.18. The van der Waals surface area contributed by atoms with Gasteiger partial charge in [0.25, 0.3) is 0 Å². The topological polar surface area (TPSA) is 114 Å². The number of carbonyl (C=O) groups is 1. The van der Waals surface area contributed by atoms with Gasteiger partial charge in [-0.2, -0.15) is 13.5 Å². The zero-order valence-electron chi connectivity index (χ0n) is 18.1. The number of hydrogen-bond acceptors (Lipinski definition) is 5. The molecule has 6 nitrogen and oxygen atoms in total. The first-order valence-electron chi connectivity index (χ1n) is 9.98. The first-order chi connectivity index (χ1) is 14.2. The van der Waals surface area contributed by atoms with Gasteiger partial charge in [0.05, 0.1) is 5.60 Å². The second kappa shape index (κ2) is 9.86. The number of hydrogen-bond donors (Lipinski definition) is 3. The summed E-state index contributed by atoms with van der Waals surface area (Å²) in [6.45, 7) is 3.02. The van der Waals surface area contributed by atoms with Crippen LogP contribution in [0, 0.1) is 11.6 Å². The number of halogens is 2. The minimum atomic E-state index is -2.25. The number of amides is 2. The van der Waals surface area contributed by atoms with Gasteiger partial charge in [-0.25, -0.2) is 13.6 Å². The van der Waals surface area contributed by atoms with Gasteiger partial charge in [0.1, 0.15) is 11.6 Å². The van der Waals surface area contributed by atoms with Crippen LogP contribution < -0.4 is 11.5 Å². The lowest BCUT2D eigenvalue weighted by molar-refractivity contribution is 0.0781. The molecule has 0 aliphatic heterocycles. The molecule has 0 bridgehead atoms. The molecule has 10 heteroatoms. The normalized spacial score (nSPS) is 15.4. The molecule has 0 fully saturated rings. The third kappa shape index (κ3) is 4.83. The molecule has 0 atom stereocenters. The number of benzene rings is 2. The second-order valence-electron chi connectivity index (χ2n) is 8.29. The van der Waals surface area contributed by atoms with Gasteiger partial charge in [-0.3, -0.25) is 0 Å². The van der Waals surface area contributed by atoms with Crippen molar-refractivity contribution in [2.75, 3.05) is 5.32 Å². The fourth-order valence-electron chi connectivity index (χ4n) is 4.32. The van der Waals surface area contributed by atoms with Crippen molar-refractivity contribution in [3.63, 3.8) is 0 Å². The van der Waals surface area contributed by atoms with E-state index in [1.54, 1.807) is 0 Å². The van der Waals surface area contributed by atoms with E-state index in [1.165, 1.54) is 26.0 Å². The third-order valence-corrected chi connectivity index (χ3v) is 6.83. The van der Waals surface area contributed by atoms with Crippen molar-refractivity contribution < 1.29 is 22.9 Å². The number of fused-ring (bicyclic) bond motifs is 2. The molecule has 0 unspecified atom stereocenters. The van der Waals surface area contributed by atoms with E-state index in [1.807, 2.05) is 0 Å². The lowest BCUT2D eigenvalue weighted by Crippen LogP contribution is -2.16. The summed E-state index contributed by atoms with van der Waals surface area (Å²) in [5, 5.41) is 12.7. The number of carbonyl (C=O) groups excluding carboxylic acids is 1. The molecule has 0 spiro atoms. The maximum atomic E-state index is 14.7. The Hall–Kier alpha value is -2.01. The molecular weight excluding hydrogens is 456 g/mol. The number of nitrogens with zero attached hydrogens (tertiary/aromatic N) is 1. The van der Waals surface area contributed by atoms with Crippen molar-refractivity contribution in [2.24, 2.45) is 4.36 Å². The summed E-state index contributed by atoms with van der Waals surface area (Å²) in [5.74, 6) is -0.962. The second-order valence-corrected chi connectivity index (χ2v) is 9.41. The average molecular weight is 485 g/mol. The van der Waals surface area contributed by atoms with Crippen molar-refractivity contribution in [3.05, 3.63) is 57.7 Å². The van der Waals surface area contributed by atoms with Crippen molar-refractivity contribution >= 4 is 35.8 Å². The summed E-state index contributed by atoms with van der Waals surface area (Å²) < 4.78 is 45.2. The first kappa shape index (κ1) is 26.2. The molecule has 2 aliphatic carbocycles. The molecule has 0 saturated carbocycles. The molecule has 0 aromatic heterocycles. The van der Waals surface area contributed by atoms with E-state index < -0.39 is 28.0 Å². The highest BCUT2D eigenvalue weighted by Gasteiger charge is 2.29. The van der Waals surface area contributed by atoms with Crippen LogP contribution in [0.5, 0.6) is 0 Å². The summed E-state index contributed by atoms with van der Waals surface area (Å²) in [4.78, 5) is 12.2. The van der Waals surface area contributed by atoms with Crippen LogP contribution in [-0.2, 0) is 46.1 Å². The summed E-state index contributed by atoms with van der Waals surface area (Å²) in [6.07, 6.45) is 4.26. The molecule has 4 rings (SSSR count). The largest absolute Gasteiger partial charge is 0.439 e. The van der Waals surface area contributed by atoms with E-state index in [4.69, 9.17) is 0 Å². The lowest BCUT2D eigenvalue weighted by Gasteiger charge is -2.19. The molecule has 2 aromatic rings. The summed E-state index contributed by atoms with van der Waals surface area (Å²) in [6, 6.07) is 2.93. The Bertz CT molecular complexity index is 1110. The highest BCUT2D eigenvalue weighted by molar-refractivity contribution is 7.75. The Labute approximate surface area is 195 Å². The number of anilines is 1. The highest BCUT2D eigenvalue weighted by Crippen LogP contribution is 2.41. The van der Waals surface area contributed by atoms with Crippen LogP contribution in [0.3, 0.4) is 0 Å². The van der Waals surface area contributed by atoms with Crippen molar-refractivity contribution in [2.45, 2.75) is 62.9 Å². The van der Waals surface area contributed by atoms with Gasteiger partial charge in [-0.05, 0) is 86.3 Å². The van der Waals surface area contributed by atoms with E-state index in [2.05, 4.69) is 9.68 Å². The predicted molar refractivity (Wildman–Crippen MR) is 125 cm³/mol. The van der Waals surface area contributed by atoms with Crippen LogP contribution in [0.25, 0.3) is 0 Å². The van der Waals surface area contributed by atoms with Gasteiger partial charge in [-0.15, -0.1) is 10.6 Å². The molecule has 2 aliphatic rings. The zero-order chi connectivity index (χ0) is 21.6. The van der Waals surface area contributed by atoms with Gasteiger partial charge in [-0.1, -0.05) is 17.0 Å². The van der Waals surface area contributed by atoms with Crippen molar-refractivity contribution in [1.29, 1.82) is 0 Å². The number of nitrogens with one attached hydrogen (secondary N) is 1. The van der Waals surface area contributed by atoms with Crippen LogP contribution in [0.15, 0.2) is 27.5 Å². The zero-order valence-corrected chi connectivity index (χ0v) is 19.9. The molecule has 32 heavy (non-hydrogen) atoms. The monoisotopic (exact) mass is 484 g/mol. The molecule has 2 aromatic carbocycles. The molecule has 0 saturated heterocycles. The van der Waals surface area contributed by atoms with E-state index in [-0.39, 0.29) is 30.4 Å². The minimum absolute atomic E-state index is 0. The van der Waals surface area contributed by atoms with E-state index in [9.17, 15) is 22.9 Å². The Balaban J connectivity index is 0.00000181. The van der Waals surface area contributed by atoms with Crippen LogP contribution in [-0.4, -0.2) is 11.1 Å². The maximum Gasteiger partial charge on any atom is 0.322 e. The number of urea groups is 1. The molecular formula is C22H28F2N3O3S2-. The fraction of sp³-hybridized carbons (Fsp3) is 0.409. The molecule has 5 N–H and O–H groups in total. The smallest absolute Gasteiger partial charge is 0.322 e. The van der Waals surface area contributed by atoms with E-state index >= 15 is 0 Å². The fourth-order valence-corrected chi connectivity index (χ4v) is 5.02. The summed E-state index contributed by atoms with van der Waals surface area (Å²) >= 11 is 0. The van der Waals surface area contributed by atoms with Crippen LogP contribution in [0.4, 0.5) is 19.3 Å². The maximum absolute atomic E-state index is 14.7. The van der Waals surface area contributed by atoms with Gasteiger partial charge in [0.2, 0.25) is 0 Å². The standard InChI is InChI=1S/C22H23F2N2O3S.H3N.H2S/c1-22(2,28)12-9-10-18(17(23)11-12)30(29)26-21(27)25-20-15-7-3-5-13(15)19(24)14-6-4-8-16(14)20;;/h9-11,28H,3-8H2,1-2H3,(H,25,27);1H3;1H2/q-1;;. The Kier molecular flexibility index (Phi) is 8.09. The van der Waals surface area contributed by atoms with E-state index in [0.29, 0.717) is 48.1 Å². The third-order valence-electron chi connectivity index (χ3n) is 5.79. The Morgan fingerprint density at radius 1 is 1.06 bits per heavy atom. The molecule has 0 radical (unpaired) electrons.